The van der Waals surface area contributed by atoms with Gasteiger partial charge < -0.3 is 0 Å². The van der Waals surface area contributed by atoms with Gasteiger partial charge in [-0.25, -0.2) is 4.98 Å². The Morgan fingerprint density at radius 2 is 1.94 bits per heavy atom. The molecule has 0 aliphatic carbocycles. The SMILES string of the molecule is Cc1cn2c(C=CC(=O)c3ccc(C)c(C)c3)c(-c3ccc(Cl)c([N+](=O)[O-])c3)nc2s1. The van der Waals surface area contributed by atoms with E-state index in [0.29, 0.717) is 22.5 Å². The first-order chi connectivity index (χ1) is 14.7. The number of benzene rings is 2. The second-order valence-corrected chi connectivity index (χ2v) is 8.88. The average molecular weight is 452 g/mol. The van der Waals surface area contributed by atoms with Crippen molar-refractivity contribution < 1.29 is 9.72 Å². The van der Waals surface area contributed by atoms with E-state index in [-0.39, 0.29) is 16.5 Å². The van der Waals surface area contributed by atoms with Crippen molar-refractivity contribution in [2.75, 3.05) is 0 Å². The molecule has 6 nitrogen and oxygen atoms in total. The molecule has 0 bridgehead atoms. The molecule has 8 heteroatoms. The summed E-state index contributed by atoms with van der Waals surface area (Å²) in [4.78, 5) is 30.0. The van der Waals surface area contributed by atoms with E-state index in [1.807, 2.05) is 43.5 Å². The summed E-state index contributed by atoms with van der Waals surface area (Å²) in [5, 5.41) is 11.4. The molecule has 2 aromatic heterocycles. The molecule has 0 spiro atoms. The normalized spacial score (nSPS) is 11.5. The lowest BCUT2D eigenvalue weighted by Gasteiger charge is -2.03. The minimum absolute atomic E-state index is 0.0626. The molecule has 0 saturated carbocycles. The smallest absolute Gasteiger partial charge is 0.288 e. The van der Waals surface area contributed by atoms with Crippen LogP contribution < -0.4 is 0 Å². The number of nitrogens with zero attached hydrogens (tertiary/aromatic N) is 3. The molecule has 0 fully saturated rings. The van der Waals surface area contributed by atoms with E-state index < -0.39 is 4.92 Å². The fourth-order valence-electron chi connectivity index (χ4n) is 3.29. The molecule has 0 unspecified atom stereocenters. The summed E-state index contributed by atoms with van der Waals surface area (Å²) in [7, 11) is 0. The van der Waals surface area contributed by atoms with Gasteiger partial charge in [-0.3, -0.25) is 19.3 Å². The summed E-state index contributed by atoms with van der Waals surface area (Å²) >= 11 is 7.47. The van der Waals surface area contributed by atoms with Gasteiger partial charge >= 0.3 is 0 Å². The third-order valence-corrected chi connectivity index (χ3v) is 6.30. The Balaban J connectivity index is 1.81. The summed E-state index contributed by atoms with van der Waals surface area (Å²) in [6, 6.07) is 10.2. The first-order valence-corrected chi connectivity index (χ1v) is 10.7. The number of aryl methyl sites for hydroxylation is 3. The van der Waals surface area contributed by atoms with Gasteiger partial charge in [0.1, 0.15) is 5.02 Å². The zero-order valence-corrected chi connectivity index (χ0v) is 18.6. The standard InChI is InChI=1S/C23H18ClN3O3S/c1-13-4-5-16(10-14(13)2)21(28)9-8-19-22(25-23-26(19)12-15(3)31-23)17-6-7-18(24)20(11-17)27(29)30/h4-12H,1-3H3. The topological polar surface area (TPSA) is 77.5 Å². The fraction of sp³-hybridized carbons (Fsp3) is 0.130. The molecule has 0 atom stereocenters. The number of carbonyl (C=O) groups excluding carboxylic acids is 1. The monoisotopic (exact) mass is 451 g/mol. The van der Waals surface area contributed by atoms with Crippen LogP contribution in [0, 0.1) is 30.9 Å². The number of allylic oxidation sites excluding steroid dienone is 1. The highest BCUT2D eigenvalue weighted by Crippen LogP contribution is 2.34. The molecule has 0 aliphatic rings. The van der Waals surface area contributed by atoms with Crippen LogP contribution in [-0.4, -0.2) is 20.1 Å². The van der Waals surface area contributed by atoms with Crippen LogP contribution in [-0.2, 0) is 0 Å². The van der Waals surface area contributed by atoms with Crippen LogP contribution in [0.5, 0.6) is 0 Å². The van der Waals surface area contributed by atoms with Gasteiger partial charge in [-0.15, -0.1) is 11.3 Å². The molecule has 0 radical (unpaired) electrons. The molecule has 4 aromatic rings. The predicted molar refractivity (Wildman–Crippen MR) is 124 cm³/mol. The average Bonchev–Trinajstić information content (AvgIpc) is 3.24. The van der Waals surface area contributed by atoms with Crippen LogP contribution in [0.1, 0.15) is 32.1 Å². The van der Waals surface area contributed by atoms with Crippen LogP contribution >= 0.6 is 22.9 Å². The number of ketones is 1. The number of nitro benzene ring substituents is 1. The van der Waals surface area contributed by atoms with E-state index in [1.54, 1.807) is 18.2 Å². The Labute approximate surface area is 187 Å². The van der Waals surface area contributed by atoms with E-state index in [1.165, 1.54) is 29.5 Å². The lowest BCUT2D eigenvalue weighted by Crippen LogP contribution is -1.96. The number of carbonyl (C=O) groups is 1. The third-order valence-electron chi connectivity index (χ3n) is 5.08. The summed E-state index contributed by atoms with van der Waals surface area (Å²) in [6.45, 7) is 5.94. The fourth-order valence-corrected chi connectivity index (χ4v) is 4.31. The van der Waals surface area contributed by atoms with E-state index in [4.69, 9.17) is 11.6 Å². The van der Waals surface area contributed by atoms with Crippen molar-refractivity contribution in [1.82, 2.24) is 9.38 Å². The number of aromatic nitrogens is 2. The first-order valence-electron chi connectivity index (χ1n) is 9.47. The van der Waals surface area contributed by atoms with E-state index in [9.17, 15) is 14.9 Å². The van der Waals surface area contributed by atoms with E-state index in [2.05, 4.69) is 4.98 Å². The van der Waals surface area contributed by atoms with E-state index >= 15 is 0 Å². The van der Waals surface area contributed by atoms with Crippen molar-refractivity contribution in [3.05, 3.63) is 91.1 Å². The summed E-state index contributed by atoms with van der Waals surface area (Å²) in [5.41, 5.74) is 4.37. The maximum atomic E-state index is 12.8. The molecule has 0 aliphatic heterocycles. The number of hydrogen-bond donors (Lipinski definition) is 0. The Hall–Kier alpha value is -3.29. The van der Waals surface area contributed by atoms with Gasteiger partial charge in [-0.2, -0.15) is 0 Å². The molecule has 2 heterocycles. The zero-order chi connectivity index (χ0) is 22.3. The third kappa shape index (κ3) is 4.02. The molecule has 0 amide bonds. The minimum Gasteiger partial charge on any atom is -0.290 e. The van der Waals surface area contributed by atoms with Gasteiger partial charge in [-0.1, -0.05) is 29.8 Å². The minimum atomic E-state index is -0.521. The van der Waals surface area contributed by atoms with Gasteiger partial charge in [0.2, 0.25) is 0 Å². The van der Waals surface area contributed by atoms with Gasteiger partial charge in [0.15, 0.2) is 10.7 Å². The van der Waals surface area contributed by atoms with Crippen molar-refractivity contribution in [2.24, 2.45) is 0 Å². The first kappa shape index (κ1) is 21.0. The predicted octanol–water partition coefficient (Wildman–Crippen LogP) is 6.45. The molecule has 2 aromatic carbocycles. The van der Waals surface area contributed by atoms with Crippen LogP contribution in [0.25, 0.3) is 22.3 Å². The second kappa shape index (κ2) is 8.09. The Morgan fingerprint density at radius 3 is 2.65 bits per heavy atom. The number of hydrogen-bond acceptors (Lipinski definition) is 5. The Morgan fingerprint density at radius 1 is 1.16 bits per heavy atom. The highest BCUT2D eigenvalue weighted by Gasteiger charge is 2.19. The van der Waals surface area contributed by atoms with Gasteiger partial charge in [0.25, 0.3) is 5.69 Å². The highest BCUT2D eigenvalue weighted by molar-refractivity contribution is 7.17. The molecular formula is C23H18ClN3O3S. The summed E-state index contributed by atoms with van der Waals surface area (Å²) in [6.07, 6.45) is 5.15. The summed E-state index contributed by atoms with van der Waals surface area (Å²) < 4.78 is 1.89. The lowest BCUT2D eigenvalue weighted by molar-refractivity contribution is -0.384. The highest BCUT2D eigenvalue weighted by atomic mass is 35.5. The molecule has 0 saturated heterocycles. The Kier molecular flexibility index (Phi) is 5.47. The number of fused-ring (bicyclic) bond motifs is 1. The van der Waals surface area contributed by atoms with Crippen molar-refractivity contribution in [3.8, 4) is 11.3 Å². The molecule has 31 heavy (non-hydrogen) atoms. The number of rotatable bonds is 5. The quantitative estimate of drug-likeness (QED) is 0.151. The van der Waals surface area contributed by atoms with Gasteiger partial charge in [-0.05, 0) is 56.2 Å². The number of halogens is 1. The van der Waals surface area contributed by atoms with Crippen LogP contribution in [0.3, 0.4) is 0 Å². The van der Waals surface area contributed by atoms with Crippen molar-refractivity contribution in [3.63, 3.8) is 0 Å². The number of thiazole rings is 1. The van der Waals surface area contributed by atoms with Crippen molar-refractivity contribution >= 4 is 45.4 Å². The lowest BCUT2D eigenvalue weighted by atomic mass is 10.0. The maximum absolute atomic E-state index is 12.8. The molecule has 0 N–H and O–H groups in total. The molecule has 156 valence electrons. The van der Waals surface area contributed by atoms with Crippen molar-refractivity contribution in [1.29, 1.82) is 0 Å². The number of imidazole rings is 1. The van der Waals surface area contributed by atoms with Crippen LogP contribution in [0.2, 0.25) is 5.02 Å². The van der Waals surface area contributed by atoms with Crippen LogP contribution in [0.15, 0.2) is 48.7 Å². The summed E-state index contributed by atoms with van der Waals surface area (Å²) in [5.74, 6) is -0.127. The number of nitro groups is 1. The van der Waals surface area contributed by atoms with Gasteiger partial charge in [0, 0.05) is 28.3 Å². The molecular weight excluding hydrogens is 434 g/mol. The Bertz CT molecular complexity index is 1380. The second-order valence-electron chi connectivity index (χ2n) is 7.26. The maximum Gasteiger partial charge on any atom is 0.288 e. The molecule has 4 rings (SSSR count). The van der Waals surface area contributed by atoms with Crippen molar-refractivity contribution in [2.45, 2.75) is 20.8 Å². The zero-order valence-electron chi connectivity index (χ0n) is 17.0. The largest absolute Gasteiger partial charge is 0.290 e. The van der Waals surface area contributed by atoms with Crippen LogP contribution in [0.4, 0.5) is 5.69 Å². The van der Waals surface area contributed by atoms with E-state index in [0.717, 1.165) is 21.0 Å². The van der Waals surface area contributed by atoms with Gasteiger partial charge in [0.05, 0.1) is 16.3 Å².